The molecular formula is C25H24ClN3O5. The average molecular weight is 482 g/mol. The second-order valence-electron chi connectivity index (χ2n) is 8.03. The van der Waals surface area contributed by atoms with Crippen LogP contribution in [0.2, 0.25) is 5.15 Å². The Morgan fingerprint density at radius 3 is 2.62 bits per heavy atom. The van der Waals surface area contributed by atoms with E-state index in [1.54, 1.807) is 26.4 Å². The lowest BCUT2D eigenvalue weighted by Gasteiger charge is -2.23. The van der Waals surface area contributed by atoms with Crippen molar-refractivity contribution in [2.75, 3.05) is 14.2 Å². The highest BCUT2D eigenvalue weighted by molar-refractivity contribution is 6.30. The third kappa shape index (κ3) is 4.68. The van der Waals surface area contributed by atoms with E-state index in [-0.39, 0.29) is 18.0 Å². The highest BCUT2D eigenvalue weighted by atomic mass is 35.5. The first-order chi connectivity index (χ1) is 16.3. The fourth-order valence-corrected chi connectivity index (χ4v) is 4.29. The van der Waals surface area contributed by atoms with Crippen LogP contribution in [0.15, 0.2) is 47.6 Å². The lowest BCUT2D eigenvalue weighted by molar-refractivity contribution is -0.141. The molecule has 0 unspecified atom stereocenters. The highest BCUT2D eigenvalue weighted by Crippen LogP contribution is 2.39. The molecule has 176 valence electrons. The van der Waals surface area contributed by atoms with Crippen molar-refractivity contribution in [3.8, 4) is 11.5 Å². The van der Waals surface area contributed by atoms with E-state index in [1.807, 2.05) is 37.3 Å². The SMILES string of the molecule is COc1ccc(C2=NN(C(=O)CCC(=O)O)[C@@H](c3cc4ccc(C)cc4nc3Cl)C2)c(OC)c1. The van der Waals surface area contributed by atoms with Crippen LogP contribution in [0.4, 0.5) is 0 Å². The number of amides is 1. The largest absolute Gasteiger partial charge is 0.497 e. The predicted molar refractivity (Wildman–Crippen MR) is 129 cm³/mol. The number of methoxy groups -OCH3 is 2. The third-order valence-electron chi connectivity index (χ3n) is 5.75. The predicted octanol–water partition coefficient (Wildman–Crippen LogP) is 4.76. The number of carbonyl (C=O) groups excluding carboxylic acids is 1. The lowest BCUT2D eigenvalue weighted by atomic mass is 9.97. The molecule has 34 heavy (non-hydrogen) atoms. The molecule has 1 aliphatic rings. The summed E-state index contributed by atoms with van der Waals surface area (Å²) >= 11 is 6.59. The number of hydrogen-bond donors (Lipinski definition) is 1. The first kappa shape index (κ1) is 23.5. The van der Waals surface area contributed by atoms with Crippen molar-refractivity contribution in [2.45, 2.75) is 32.2 Å². The van der Waals surface area contributed by atoms with Crippen LogP contribution in [0, 0.1) is 6.92 Å². The topological polar surface area (TPSA) is 101 Å². The molecule has 8 nitrogen and oxygen atoms in total. The van der Waals surface area contributed by atoms with E-state index in [0.29, 0.717) is 34.8 Å². The summed E-state index contributed by atoms with van der Waals surface area (Å²) in [5.74, 6) is -0.280. The molecule has 1 aliphatic heterocycles. The van der Waals surface area contributed by atoms with E-state index < -0.39 is 17.9 Å². The smallest absolute Gasteiger partial charge is 0.303 e. The Kier molecular flexibility index (Phi) is 6.70. The van der Waals surface area contributed by atoms with Crippen molar-refractivity contribution in [1.82, 2.24) is 9.99 Å². The second-order valence-corrected chi connectivity index (χ2v) is 8.39. The Bertz CT molecular complexity index is 1310. The van der Waals surface area contributed by atoms with Gasteiger partial charge in [0.1, 0.15) is 16.7 Å². The van der Waals surface area contributed by atoms with Crippen LogP contribution in [0.3, 0.4) is 0 Å². The van der Waals surface area contributed by atoms with Crippen LogP contribution in [-0.2, 0) is 9.59 Å². The maximum atomic E-state index is 13.0. The van der Waals surface area contributed by atoms with Gasteiger partial charge in [0.25, 0.3) is 0 Å². The molecule has 0 radical (unpaired) electrons. The molecule has 1 amide bonds. The summed E-state index contributed by atoms with van der Waals surface area (Å²) in [6.45, 7) is 1.98. The van der Waals surface area contributed by atoms with Gasteiger partial charge >= 0.3 is 5.97 Å². The molecule has 0 saturated carbocycles. The van der Waals surface area contributed by atoms with Gasteiger partial charge in [0.2, 0.25) is 5.91 Å². The van der Waals surface area contributed by atoms with Crippen LogP contribution in [0.25, 0.3) is 10.9 Å². The summed E-state index contributed by atoms with van der Waals surface area (Å²) in [6, 6.07) is 12.6. The van der Waals surface area contributed by atoms with Crippen LogP contribution >= 0.6 is 11.6 Å². The van der Waals surface area contributed by atoms with Gasteiger partial charge < -0.3 is 14.6 Å². The first-order valence-electron chi connectivity index (χ1n) is 10.7. The molecule has 1 atom stereocenters. The van der Waals surface area contributed by atoms with Gasteiger partial charge in [0.15, 0.2) is 0 Å². The molecule has 0 bridgehead atoms. The first-order valence-corrected chi connectivity index (χ1v) is 11.1. The maximum absolute atomic E-state index is 13.0. The monoisotopic (exact) mass is 481 g/mol. The number of hydrazone groups is 1. The summed E-state index contributed by atoms with van der Waals surface area (Å²) in [5.41, 5.74) is 3.80. The summed E-state index contributed by atoms with van der Waals surface area (Å²) < 4.78 is 10.8. The van der Waals surface area contributed by atoms with E-state index in [2.05, 4.69) is 10.1 Å². The van der Waals surface area contributed by atoms with Gasteiger partial charge in [-0.1, -0.05) is 23.7 Å². The minimum atomic E-state index is -1.05. The Hall–Kier alpha value is -3.65. The number of ether oxygens (including phenoxy) is 2. The number of pyridine rings is 1. The Morgan fingerprint density at radius 1 is 1.12 bits per heavy atom. The van der Waals surface area contributed by atoms with Crippen LogP contribution in [-0.4, -0.2) is 46.9 Å². The van der Waals surface area contributed by atoms with Gasteiger partial charge in [-0.15, -0.1) is 0 Å². The second kappa shape index (κ2) is 9.69. The minimum Gasteiger partial charge on any atom is -0.497 e. The number of nitrogens with zero attached hydrogens (tertiary/aromatic N) is 3. The molecule has 0 saturated heterocycles. The number of rotatable bonds is 7. The Morgan fingerprint density at radius 2 is 1.91 bits per heavy atom. The van der Waals surface area contributed by atoms with Crippen molar-refractivity contribution in [3.05, 3.63) is 64.3 Å². The summed E-state index contributed by atoms with van der Waals surface area (Å²) in [6.07, 6.45) is -0.109. The minimum absolute atomic E-state index is 0.180. The molecule has 1 N–H and O–H groups in total. The summed E-state index contributed by atoms with van der Waals surface area (Å²) in [4.78, 5) is 28.6. The van der Waals surface area contributed by atoms with Crippen molar-refractivity contribution in [2.24, 2.45) is 5.10 Å². The molecule has 0 aliphatic carbocycles. The molecule has 1 aromatic heterocycles. The number of hydrogen-bond acceptors (Lipinski definition) is 6. The molecule has 2 aromatic carbocycles. The summed E-state index contributed by atoms with van der Waals surface area (Å²) in [7, 11) is 3.11. The number of carboxylic acids is 1. The summed E-state index contributed by atoms with van der Waals surface area (Å²) in [5, 5.41) is 16.1. The van der Waals surface area contributed by atoms with Gasteiger partial charge in [-0.2, -0.15) is 5.10 Å². The highest BCUT2D eigenvalue weighted by Gasteiger charge is 2.35. The van der Waals surface area contributed by atoms with Crippen LogP contribution in [0.1, 0.15) is 42.0 Å². The molecule has 4 rings (SSSR count). The number of benzene rings is 2. The third-order valence-corrected chi connectivity index (χ3v) is 6.05. The molecule has 2 heterocycles. The standard InChI is InChI=1S/C25H24ClN3O5/c1-14-4-5-15-11-18(25(26)27-19(15)10-14)21-13-20(28-29(21)23(30)8-9-24(31)32)17-7-6-16(33-2)12-22(17)34-3/h4-7,10-12,21H,8-9,13H2,1-3H3,(H,31,32)/t21-/m1/s1. The number of halogens is 1. The van der Waals surface area contributed by atoms with Crippen molar-refractivity contribution in [1.29, 1.82) is 0 Å². The number of fused-ring (bicyclic) bond motifs is 1. The van der Waals surface area contributed by atoms with E-state index in [9.17, 15) is 9.59 Å². The van der Waals surface area contributed by atoms with Gasteiger partial charge in [-0.05, 0) is 36.8 Å². The van der Waals surface area contributed by atoms with Crippen LogP contribution in [0.5, 0.6) is 11.5 Å². The molecule has 0 fully saturated rings. The van der Waals surface area contributed by atoms with Gasteiger partial charge in [-0.25, -0.2) is 9.99 Å². The van der Waals surface area contributed by atoms with Gasteiger partial charge in [0, 0.05) is 35.4 Å². The van der Waals surface area contributed by atoms with Gasteiger partial charge in [-0.3, -0.25) is 9.59 Å². The zero-order valence-corrected chi connectivity index (χ0v) is 19.8. The number of carbonyl (C=O) groups is 2. The Balaban J connectivity index is 1.77. The number of aryl methyl sites for hydroxylation is 1. The molecule has 9 heteroatoms. The number of aromatic nitrogens is 1. The molecule has 0 spiro atoms. The van der Waals surface area contributed by atoms with Gasteiger partial charge in [0.05, 0.1) is 37.9 Å². The maximum Gasteiger partial charge on any atom is 0.303 e. The fourth-order valence-electron chi connectivity index (χ4n) is 4.01. The number of carboxylic acid groups (broad SMARTS) is 1. The quantitative estimate of drug-likeness (QED) is 0.488. The van der Waals surface area contributed by atoms with E-state index in [0.717, 1.165) is 16.5 Å². The zero-order valence-electron chi connectivity index (χ0n) is 19.0. The van der Waals surface area contributed by atoms with E-state index >= 15 is 0 Å². The van der Waals surface area contributed by atoms with Crippen molar-refractivity contribution >= 4 is 40.1 Å². The zero-order chi connectivity index (χ0) is 24.4. The van der Waals surface area contributed by atoms with Crippen molar-refractivity contribution < 1.29 is 24.2 Å². The Labute approximate surface area is 201 Å². The van der Waals surface area contributed by atoms with E-state index in [4.69, 9.17) is 26.2 Å². The van der Waals surface area contributed by atoms with Crippen molar-refractivity contribution in [3.63, 3.8) is 0 Å². The molecule has 3 aromatic rings. The molecular weight excluding hydrogens is 458 g/mol. The fraction of sp³-hybridized carbons (Fsp3) is 0.280. The lowest BCUT2D eigenvalue weighted by Crippen LogP contribution is -2.27. The number of aliphatic carboxylic acids is 1. The van der Waals surface area contributed by atoms with Crippen LogP contribution < -0.4 is 9.47 Å². The average Bonchev–Trinajstić information content (AvgIpc) is 3.26. The normalized spacial score (nSPS) is 15.4. The van der Waals surface area contributed by atoms with E-state index in [1.165, 1.54) is 5.01 Å².